The zero-order valence-electron chi connectivity index (χ0n) is 12.8. The minimum absolute atomic E-state index is 0.128. The van der Waals surface area contributed by atoms with E-state index in [1.807, 2.05) is 20.8 Å². The van der Waals surface area contributed by atoms with E-state index in [0.717, 1.165) is 32.5 Å². The number of amides is 1. The maximum Gasteiger partial charge on any atom is 0.307 e. The maximum atomic E-state index is 11.7. The Bertz CT molecular complexity index is 376. The molecule has 2 fully saturated rings. The van der Waals surface area contributed by atoms with E-state index in [9.17, 15) is 9.59 Å². The minimum Gasteiger partial charge on any atom is -0.460 e. The van der Waals surface area contributed by atoms with Crippen molar-refractivity contribution in [3.63, 3.8) is 0 Å². The Morgan fingerprint density at radius 1 is 1.40 bits per heavy atom. The van der Waals surface area contributed by atoms with Crippen LogP contribution < -0.4 is 5.32 Å². The molecule has 0 aromatic rings. The highest BCUT2D eigenvalue weighted by molar-refractivity contribution is 5.77. The molecule has 2 atom stereocenters. The van der Waals surface area contributed by atoms with Crippen LogP contribution in [-0.4, -0.2) is 48.1 Å². The lowest BCUT2D eigenvalue weighted by Crippen LogP contribution is -2.54. The fourth-order valence-electron chi connectivity index (χ4n) is 3.03. The lowest BCUT2D eigenvalue weighted by atomic mass is 9.85. The van der Waals surface area contributed by atoms with Crippen LogP contribution in [0.4, 0.5) is 0 Å². The van der Waals surface area contributed by atoms with Gasteiger partial charge in [0, 0.05) is 32.1 Å². The van der Waals surface area contributed by atoms with E-state index in [1.54, 1.807) is 0 Å². The molecule has 5 heteroatoms. The number of piperidine rings is 2. The monoisotopic (exact) mass is 282 g/mol. The first-order valence-electron chi connectivity index (χ1n) is 7.57. The van der Waals surface area contributed by atoms with E-state index in [2.05, 4.69) is 10.2 Å². The molecule has 1 amide bonds. The number of nitrogens with one attached hydrogen (secondary N) is 1. The van der Waals surface area contributed by atoms with Crippen LogP contribution in [0.1, 0.15) is 46.5 Å². The van der Waals surface area contributed by atoms with Gasteiger partial charge in [0.2, 0.25) is 5.91 Å². The van der Waals surface area contributed by atoms with Crippen molar-refractivity contribution in [1.29, 1.82) is 0 Å². The Morgan fingerprint density at radius 2 is 2.15 bits per heavy atom. The Kier molecular flexibility index (Phi) is 4.68. The van der Waals surface area contributed by atoms with Gasteiger partial charge in [-0.3, -0.25) is 9.59 Å². The summed E-state index contributed by atoms with van der Waals surface area (Å²) in [4.78, 5) is 25.4. The molecule has 0 aliphatic carbocycles. The second-order valence-electron chi connectivity index (χ2n) is 6.90. The third-order valence-electron chi connectivity index (χ3n) is 3.96. The molecule has 2 rings (SSSR count). The molecule has 0 aromatic carbocycles. The molecule has 2 aliphatic heterocycles. The Labute approximate surface area is 121 Å². The van der Waals surface area contributed by atoms with Gasteiger partial charge in [-0.15, -0.1) is 0 Å². The normalized spacial score (nSPS) is 27.6. The van der Waals surface area contributed by atoms with Gasteiger partial charge in [-0.2, -0.15) is 0 Å². The van der Waals surface area contributed by atoms with Crippen molar-refractivity contribution in [3.8, 4) is 0 Å². The lowest BCUT2D eigenvalue weighted by molar-refractivity contribution is -0.155. The number of fused-ring (bicyclic) bond motifs is 1. The van der Waals surface area contributed by atoms with Crippen LogP contribution in [0.5, 0.6) is 0 Å². The molecule has 2 unspecified atom stereocenters. The van der Waals surface area contributed by atoms with Crippen LogP contribution in [0.25, 0.3) is 0 Å². The summed E-state index contributed by atoms with van der Waals surface area (Å²) < 4.78 is 5.33. The van der Waals surface area contributed by atoms with E-state index in [0.29, 0.717) is 24.8 Å². The standard InChI is InChI=1S/C15H26N2O3/c1-15(2,3)20-14(19)7-9-17-8-6-12-11(10-17)4-5-13(18)16-12/h11-12H,4-10H2,1-3H3,(H,16,18). The largest absolute Gasteiger partial charge is 0.460 e. The summed E-state index contributed by atoms with van der Waals surface area (Å²) in [5, 5.41) is 3.08. The summed E-state index contributed by atoms with van der Waals surface area (Å²) in [7, 11) is 0. The molecule has 0 radical (unpaired) electrons. The highest BCUT2D eigenvalue weighted by atomic mass is 16.6. The molecular formula is C15H26N2O3. The van der Waals surface area contributed by atoms with Gasteiger partial charge in [0.05, 0.1) is 6.42 Å². The average Bonchev–Trinajstić information content (AvgIpc) is 2.34. The maximum absolute atomic E-state index is 11.7. The van der Waals surface area contributed by atoms with Crippen LogP contribution in [0.15, 0.2) is 0 Å². The second-order valence-corrected chi connectivity index (χ2v) is 6.90. The van der Waals surface area contributed by atoms with Crippen molar-refractivity contribution in [2.75, 3.05) is 19.6 Å². The Balaban J connectivity index is 1.73. The molecule has 114 valence electrons. The molecule has 2 saturated heterocycles. The van der Waals surface area contributed by atoms with Gasteiger partial charge < -0.3 is 15.0 Å². The van der Waals surface area contributed by atoms with Gasteiger partial charge in [-0.1, -0.05) is 0 Å². The summed E-state index contributed by atoms with van der Waals surface area (Å²) in [6, 6.07) is 0.342. The molecule has 0 saturated carbocycles. The quantitative estimate of drug-likeness (QED) is 0.793. The molecule has 0 aromatic heterocycles. The van der Waals surface area contributed by atoms with Gasteiger partial charge in [0.1, 0.15) is 5.60 Å². The number of nitrogens with zero attached hydrogens (tertiary/aromatic N) is 1. The molecule has 2 heterocycles. The topological polar surface area (TPSA) is 58.6 Å². The third-order valence-corrected chi connectivity index (χ3v) is 3.96. The summed E-state index contributed by atoms with van der Waals surface area (Å²) in [5.41, 5.74) is -0.405. The van der Waals surface area contributed by atoms with Crippen molar-refractivity contribution >= 4 is 11.9 Å². The van der Waals surface area contributed by atoms with E-state index in [-0.39, 0.29) is 11.9 Å². The first-order valence-corrected chi connectivity index (χ1v) is 7.57. The van der Waals surface area contributed by atoms with Crippen LogP contribution in [0.3, 0.4) is 0 Å². The number of carbonyl (C=O) groups is 2. The predicted molar refractivity (Wildman–Crippen MR) is 76.2 cm³/mol. The summed E-state index contributed by atoms with van der Waals surface area (Å²) >= 11 is 0. The first-order chi connectivity index (χ1) is 9.33. The molecule has 1 N–H and O–H groups in total. The number of likely N-dealkylation sites (tertiary alicyclic amines) is 1. The fourth-order valence-corrected chi connectivity index (χ4v) is 3.03. The van der Waals surface area contributed by atoms with E-state index >= 15 is 0 Å². The molecule has 2 aliphatic rings. The molecule has 20 heavy (non-hydrogen) atoms. The van der Waals surface area contributed by atoms with Crippen LogP contribution >= 0.6 is 0 Å². The van der Waals surface area contributed by atoms with Crippen LogP contribution in [-0.2, 0) is 14.3 Å². The minimum atomic E-state index is -0.405. The first kappa shape index (κ1) is 15.3. The van der Waals surface area contributed by atoms with Gasteiger partial charge in [0.25, 0.3) is 0 Å². The van der Waals surface area contributed by atoms with Crippen molar-refractivity contribution in [3.05, 3.63) is 0 Å². The smallest absolute Gasteiger partial charge is 0.307 e. The third kappa shape index (κ3) is 4.47. The number of ether oxygens (including phenoxy) is 1. The SMILES string of the molecule is CC(C)(C)OC(=O)CCN1CCC2NC(=O)CCC2C1. The van der Waals surface area contributed by atoms with Crippen molar-refractivity contribution in [2.24, 2.45) is 5.92 Å². The number of hydrogen-bond donors (Lipinski definition) is 1. The average molecular weight is 282 g/mol. The molecule has 0 bridgehead atoms. The van der Waals surface area contributed by atoms with Gasteiger partial charge in [0.15, 0.2) is 0 Å². The number of rotatable bonds is 3. The van der Waals surface area contributed by atoms with Crippen LogP contribution in [0, 0.1) is 5.92 Å². The predicted octanol–water partition coefficient (Wildman–Crippen LogP) is 1.32. The summed E-state index contributed by atoms with van der Waals surface area (Å²) in [6.07, 6.45) is 3.05. The molecule has 0 spiro atoms. The fraction of sp³-hybridized carbons (Fsp3) is 0.867. The van der Waals surface area contributed by atoms with Gasteiger partial charge in [-0.25, -0.2) is 0 Å². The summed E-state index contributed by atoms with van der Waals surface area (Å²) in [5.74, 6) is 0.602. The Morgan fingerprint density at radius 3 is 2.85 bits per heavy atom. The van der Waals surface area contributed by atoms with E-state index in [4.69, 9.17) is 4.74 Å². The molecule has 5 nitrogen and oxygen atoms in total. The van der Waals surface area contributed by atoms with Gasteiger partial charge >= 0.3 is 5.97 Å². The lowest BCUT2D eigenvalue weighted by Gasteiger charge is -2.41. The van der Waals surface area contributed by atoms with Crippen LogP contribution in [0.2, 0.25) is 0 Å². The highest BCUT2D eigenvalue weighted by Crippen LogP contribution is 2.25. The number of esters is 1. The Hall–Kier alpha value is -1.10. The van der Waals surface area contributed by atoms with Crippen molar-refractivity contribution < 1.29 is 14.3 Å². The zero-order valence-corrected chi connectivity index (χ0v) is 12.8. The molecular weight excluding hydrogens is 256 g/mol. The number of hydrogen-bond acceptors (Lipinski definition) is 4. The second kappa shape index (κ2) is 6.12. The van der Waals surface area contributed by atoms with Crippen molar-refractivity contribution in [1.82, 2.24) is 10.2 Å². The summed E-state index contributed by atoms with van der Waals surface area (Å²) in [6.45, 7) is 8.35. The van der Waals surface area contributed by atoms with Crippen molar-refractivity contribution in [2.45, 2.75) is 58.1 Å². The number of carbonyl (C=O) groups excluding carboxylic acids is 2. The zero-order chi connectivity index (χ0) is 14.8. The van der Waals surface area contributed by atoms with Gasteiger partial charge in [-0.05, 0) is 39.5 Å². The van der Waals surface area contributed by atoms with E-state index < -0.39 is 5.60 Å². The van der Waals surface area contributed by atoms with E-state index in [1.165, 1.54) is 0 Å². The highest BCUT2D eigenvalue weighted by Gasteiger charge is 2.33.